The molecule has 1 aliphatic rings. The van der Waals surface area contributed by atoms with Gasteiger partial charge in [-0.2, -0.15) is 0 Å². The maximum Gasteiger partial charge on any atom is 0.335 e. The maximum absolute atomic E-state index is 13.1. The summed E-state index contributed by atoms with van der Waals surface area (Å²) in [7, 11) is 0. The van der Waals surface area contributed by atoms with Crippen LogP contribution >= 0.6 is 0 Å². The zero-order chi connectivity index (χ0) is 21.3. The van der Waals surface area contributed by atoms with E-state index in [-0.39, 0.29) is 23.7 Å². The molecular formula is C22H24N2O5. The highest BCUT2D eigenvalue weighted by molar-refractivity contribution is 6.09. The standard InChI is InChI=1S/C22H24N2O5/c1-5-23(16-8-6-7-14(2)11-16)19(25)13-24-17-12-15(20(26)27)9-10-18(17)29-22(3,4)21(24)28/h6-12H,5,13H2,1-4H3,(H,26,27). The summed E-state index contributed by atoms with van der Waals surface area (Å²) in [5.41, 5.74) is 0.898. The van der Waals surface area contributed by atoms with Crippen molar-refractivity contribution in [1.82, 2.24) is 0 Å². The Balaban J connectivity index is 1.98. The molecule has 0 aliphatic carbocycles. The van der Waals surface area contributed by atoms with Crippen molar-refractivity contribution < 1.29 is 24.2 Å². The van der Waals surface area contributed by atoms with Crippen LogP contribution in [0.25, 0.3) is 0 Å². The predicted molar refractivity (Wildman–Crippen MR) is 110 cm³/mol. The third kappa shape index (κ3) is 3.94. The number of likely N-dealkylation sites (N-methyl/N-ethyl adjacent to an activating group) is 1. The monoisotopic (exact) mass is 396 g/mol. The summed E-state index contributed by atoms with van der Waals surface area (Å²) >= 11 is 0. The van der Waals surface area contributed by atoms with Gasteiger partial charge >= 0.3 is 5.97 Å². The van der Waals surface area contributed by atoms with Crippen LogP contribution in [0, 0.1) is 6.92 Å². The summed E-state index contributed by atoms with van der Waals surface area (Å²) in [5, 5.41) is 9.30. The van der Waals surface area contributed by atoms with Gasteiger partial charge in [0.2, 0.25) is 5.91 Å². The van der Waals surface area contributed by atoms with Gasteiger partial charge in [0.15, 0.2) is 5.60 Å². The SMILES string of the molecule is CCN(C(=O)CN1C(=O)C(C)(C)Oc2ccc(C(=O)O)cc21)c1cccc(C)c1. The zero-order valence-corrected chi connectivity index (χ0v) is 16.9. The molecule has 3 rings (SSSR count). The number of hydrogen-bond donors (Lipinski definition) is 1. The minimum absolute atomic E-state index is 0.0170. The fourth-order valence-electron chi connectivity index (χ4n) is 3.38. The second kappa shape index (κ2) is 7.58. The smallest absolute Gasteiger partial charge is 0.335 e. The number of carbonyl (C=O) groups is 3. The number of anilines is 2. The quantitative estimate of drug-likeness (QED) is 0.838. The Labute approximate surface area is 169 Å². The van der Waals surface area contributed by atoms with E-state index in [4.69, 9.17) is 4.74 Å². The number of carboxylic acid groups (broad SMARTS) is 1. The number of fused-ring (bicyclic) bond motifs is 1. The van der Waals surface area contributed by atoms with Gasteiger partial charge in [0.1, 0.15) is 12.3 Å². The van der Waals surface area contributed by atoms with Crippen LogP contribution in [0.2, 0.25) is 0 Å². The first kappa shape index (κ1) is 20.4. The van der Waals surface area contributed by atoms with Gasteiger partial charge in [0.25, 0.3) is 5.91 Å². The normalized spacial score (nSPS) is 14.8. The molecule has 0 bridgehead atoms. The Kier molecular flexibility index (Phi) is 5.33. The van der Waals surface area contributed by atoms with Crippen LogP contribution in [0.15, 0.2) is 42.5 Å². The Morgan fingerprint density at radius 2 is 1.90 bits per heavy atom. The zero-order valence-electron chi connectivity index (χ0n) is 16.9. The molecular weight excluding hydrogens is 372 g/mol. The summed E-state index contributed by atoms with van der Waals surface area (Å²) in [4.78, 5) is 40.4. The maximum atomic E-state index is 13.1. The molecule has 0 fully saturated rings. The van der Waals surface area contributed by atoms with Crippen LogP contribution in [0.1, 0.15) is 36.7 Å². The van der Waals surface area contributed by atoms with Crippen LogP contribution < -0.4 is 14.5 Å². The second-order valence-electron chi connectivity index (χ2n) is 7.47. The third-order valence-electron chi connectivity index (χ3n) is 4.85. The van der Waals surface area contributed by atoms with Gasteiger partial charge in [0.05, 0.1) is 11.3 Å². The predicted octanol–water partition coefficient (Wildman–Crippen LogP) is 3.25. The molecule has 7 heteroatoms. The molecule has 0 saturated heterocycles. The molecule has 0 spiro atoms. The molecule has 0 aromatic heterocycles. The van der Waals surface area contributed by atoms with E-state index in [0.717, 1.165) is 11.3 Å². The Morgan fingerprint density at radius 1 is 1.17 bits per heavy atom. The molecule has 0 radical (unpaired) electrons. The lowest BCUT2D eigenvalue weighted by atomic mass is 10.0. The summed E-state index contributed by atoms with van der Waals surface area (Å²) in [6.07, 6.45) is 0. The van der Waals surface area contributed by atoms with Crippen molar-refractivity contribution in [2.75, 3.05) is 22.9 Å². The van der Waals surface area contributed by atoms with Gasteiger partial charge in [-0.1, -0.05) is 12.1 Å². The summed E-state index contributed by atoms with van der Waals surface area (Å²) in [6.45, 7) is 7.27. The first-order valence-electron chi connectivity index (χ1n) is 9.39. The van der Waals surface area contributed by atoms with Crippen molar-refractivity contribution >= 4 is 29.2 Å². The van der Waals surface area contributed by atoms with Crippen molar-refractivity contribution in [3.8, 4) is 5.75 Å². The van der Waals surface area contributed by atoms with E-state index in [1.807, 2.05) is 38.1 Å². The number of benzene rings is 2. The van der Waals surface area contributed by atoms with Crippen molar-refractivity contribution in [1.29, 1.82) is 0 Å². The summed E-state index contributed by atoms with van der Waals surface area (Å²) < 4.78 is 5.76. The van der Waals surface area contributed by atoms with Crippen LogP contribution in [-0.2, 0) is 9.59 Å². The number of aromatic carboxylic acids is 1. The van der Waals surface area contributed by atoms with E-state index >= 15 is 0 Å². The molecule has 2 aromatic carbocycles. The molecule has 7 nitrogen and oxygen atoms in total. The van der Waals surface area contributed by atoms with E-state index in [1.54, 1.807) is 18.7 Å². The van der Waals surface area contributed by atoms with Crippen LogP contribution in [0.5, 0.6) is 5.75 Å². The van der Waals surface area contributed by atoms with E-state index in [0.29, 0.717) is 12.3 Å². The van der Waals surface area contributed by atoms with Crippen molar-refractivity contribution in [2.24, 2.45) is 0 Å². The van der Waals surface area contributed by atoms with Crippen molar-refractivity contribution in [3.63, 3.8) is 0 Å². The highest BCUT2D eigenvalue weighted by atomic mass is 16.5. The average Bonchev–Trinajstić information content (AvgIpc) is 2.65. The number of carbonyl (C=O) groups excluding carboxylic acids is 2. The lowest BCUT2D eigenvalue weighted by Crippen LogP contribution is -2.55. The number of nitrogens with zero attached hydrogens (tertiary/aromatic N) is 2. The van der Waals surface area contributed by atoms with Gasteiger partial charge in [-0.15, -0.1) is 0 Å². The van der Waals surface area contributed by atoms with E-state index in [2.05, 4.69) is 0 Å². The molecule has 0 unspecified atom stereocenters. The molecule has 0 atom stereocenters. The third-order valence-corrected chi connectivity index (χ3v) is 4.85. The van der Waals surface area contributed by atoms with E-state index in [1.165, 1.54) is 23.1 Å². The van der Waals surface area contributed by atoms with Gasteiger partial charge in [-0.05, 0) is 63.6 Å². The van der Waals surface area contributed by atoms with Gasteiger partial charge in [-0.3, -0.25) is 14.5 Å². The largest absolute Gasteiger partial charge is 0.478 e. The summed E-state index contributed by atoms with van der Waals surface area (Å²) in [5.74, 6) is -1.42. The molecule has 2 amide bonds. The highest BCUT2D eigenvalue weighted by Crippen LogP contribution is 2.38. The van der Waals surface area contributed by atoms with Crippen LogP contribution in [0.3, 0.4) is 0 Å². The molecule has 152 valence electrons. The number of ether oxygens (including phenoxy) is 1. The molecule has 1 N–H and O–H groups in total. The first-order valence-corrected chi connectivity index (χ1v) is 9.39. The number of rotatable bonds is 5. The van der Waals surface area contributed by atoms with Crippen LogP contribution in [0.4, 0.5) is 11.4 Å². The molecule has 29 heavy (non-hydrogen) atoms. The Morgan fingerprint density at radius 3 is 2.52 bits per heavy atom. The Hall–Kier alpha value is -3.35. The molecule has 0 saturated carbocycles. The topological polar surface area (TPSA) is 87.2 Å². The van der Waals surface area contributed by atoms with Crippen molar-refractivity contribution in [3.05, 3.63) is 53.6 Å². The van der Waals surface area contributed by atoms with Crippen molar-refractivity contribution in [2.45, 2.75) is 33.3 Å². The number of amides is 2. The number of aryl methyl sites for hydroxylation is 1. The lowest BCUT2D eigenvalue weighted by Gasteiger charge is -2.39. The fourth-order valence-corrected chi connectivity index (χ4v) is 3.38. The van der Waals surface area contributed by atoms with Crippen LogP contribution in [-0.4, -0.2) is 41.6 Å². The Bertz CT molecular complexity index is 983. The molecule has 1 aliphatic heterocycles. The molecule has 2 aromatic rings. The first-order chi connectivity index (χ1) is 13.6. The molecule has 1 heterocycles. The van der Waals surface area contributed by atoms with E-state index < -0.39 is 17.5 Å². The van der Waals surface area contributed by atoms with Gasteiger partial charge < -0.3 is 14.7 Å². The average molecular weight is 396 g/mol. The number of carboxylic acids is 1. The summed E-state index contributed by atoms with van der Waals surface area (Å²) in [6, 6.07) is 11.9. The lowest BCUT2D eigenvalue weighted by molar-refractivity contribution is -0.134. The minimum Gasteiger partial charge on any atom is -0.478 e. The van der Waals surface area contributed by atoms with Gasteiger partial charge in [0, 0.05) is 12.2 Å². The minimum atomic E-state index is -1.17. The second-order valence-corrected chi connectivity index (χ2v) is 7.47. The number of hydrogen-bond acceptors (Lipinski definition) is 4. The van der Waals surface area contributed by atoms with E-state index in [9.17, 15) is 19.5 Å². The highest BCUT2D eigenvalue weighted by Gasteiger charge is 2.42. The fraction of sp³-hybridized carbons (Fsp3) is 0.318. The van der Waals surface area contributed by atoms with Gasteiger partial charge in [-0.25, -0.2) is 4.79 Å².